The van der Waals surface area contributed by atoms with Crippen molar-refractivity contribution in [3.63, 3.8) is 0 Å². The first-order valence-electron chi connectivity index (χ1n) is 3.37. The molecule has 0 aliphatic heterocycles. The molecule has 1 aromatic heterocycles. The summed E-state index contributed by atoms with van der Waals surface area (Å²) in [5, 5.41) is 4.54. The molecule has 1 rings (SSSR count). The number of Topliss-reactive ketones (excluding diaryl/α,β-unsaturated/α-hetero) is 1. The molecule has 0 saturated carbocycles. The van der Waals surface area contributed by atoms with Crippen molar-refractivity contribution in [1.82, 2.24) is 10.3 Å². The molecule has 1 N–H and O–H groups in total. The van der Waals surface area contributed by atoms with Crippen molar-refractivity contribution in [3.8, 4) is 0 Å². The van der Waals surface area contributed by atoms with Crippen LogP contribution < -0.4 is 5.32 Å². The van der Waals surface area contributed by atoms with Gasteiger partial charge in [0.15, 0.2) is 5.01 Å². The van der Waals surface area contributed by atoms with Gasteiger partial charge >= 0.3 is 0 Å². The number of thiazole rings is 1. The summed E-state index contributed by atoms with van der Waals surface area (Å²) in [6.07, 6.45) is 1.55. The second-order valence-corrected chi connectivity index (χ2v) is 3.12. The number of rotatable bonds is 3. The van der Waals surface area contributed by atoms with Gasteiger partial charge in [0, 0.05) is 11.6 Å². The Morgan fingerprint density at radius 3 is 2.92 bits per heavy atom. The summed E-state index contributed by atoms with van der Waals surface area (Å²) in [4.78, 5) is 25.4. The van der Waals surface area contributed by atoms with Crippen LogP contribution in [-0.2, 0) is 4.79 Å². The number of amides is 1. The monoisotopic (exact) mass is 184 g/mol. The Labute approximate surface area is 73.6 Å². The van der Waals surface area contributed by atoms with Crippen LogP contribution in [0.5, 0.6) is 0 Å². The minimum atomic E-state index is -0.291. The molecule has 0 saturated heterocycles. The summed E-state index contributed by atoms with van der Waals surface area (Å²) in [7, 11) is 0. The van der Waals surface area contributed by atoms with Crippen LogP contribution in [0.2, 0.25) is 0 Å². The van der Waals surface area contributed by atoms with Gasteiger partial charge in [-0.25, -0.2) is 4.98 Å². The topological polar surface area (TPSA) is 59.1 Å². The average Bonchev–Trinajstić information content (AvgIpc) is 2.51. The lowest BCUT2D eigenvalue weighted by Gasteiger charge is -1.97. The summed E-state index contributed by atoms with van der Waals surface area (Å²) in [6, 6.07) is 0. The van der Waals surface area contributed by atoms with Gasteiger partial charge in [0.2, 0.25) is 0 Å². The molecular weight excluding hydrogens is 176 g/mol. The van der Waals surface area contributed by atoms with Gasteiger partial charge < -0.3 is 5.32 Å². The summed E-state index contributed by atoms with van der Waals surface area (Å²) >= 11 is 1.25. The average molecular weight is 184 g/mol. The molecule has 12 heavy (non-hydrogen) atoms. The number of nitrogens with one attached hydrogen (secondary N) is 1. The Kier molecular flexibility index (Phi) is 2.93. The lowest BCUT2D eigenvalue weighted by molar-refractivity contribution is -0.116. The quantitative estimate of drug-likeness (QED) is 0.742. The van der Waals surface area contributed by atoms with E-state index in [2.05, 4.69) is 10.3 Å². The van der Waals surface area contributed by atoms with Crippen LogP contribution >= 0.6 is 11.3 Å². The largest absolute Gasteiger partial charge is 0.343 e. The van der Waals surface area contributed by atoms with Gasteiger partial charge in [-0.1, -0.05) is 0 Å². The zero-order chi connectivity index (χ0) is 8.97. The van der Waals surface area contributed by atoms with Crippen LogP contribution in [0.1, 0.15) is 16.7 Å². The fourth-order valence-corrected chi connectivity index (χ4v) is 1.17. The first-order valence-corrected chi connectivity index (χ1v) is 4.25. The molecule has 0 atom stereocenters. The van der Waals surface area contributed by atoms with E-state index in [4.69, 9.17) is 0 Å². The van der Waals surface area contributed by atoms with E-state index in [1.807, 2.05) is 0 Å². The molecule has 0 aliphatic carbocycles. The van der Waals surface area contributed by atoms with E-state index < -0.39 is 0 Å². The Balaban J connectivity index is 2.45. The van der Waals surface area contributed by atoms with E-state index in [1.165, 1.54) is 18.3 Å². The van der Waals surface area contributed by atoms with Crippen molar-refractivity contribution in [2.24, 2.45) is 0 Å². The Hall–Kier alpha value is -1.23. The second-order valence-electron chi connectivity index (χ2n) is 2.22. The smallest absolute Gasteiger partial charge is 0.280 e. The van der Waals surface area contributed by atoms with Crippen molar-refractivity contribution in [1.29, 1.82) is 0 Å². The van der Waals surface area contributed by atoms with Gasteiger partial charge in [-0.3, -0.25) is 9.59 Å². The van der Waals surface area contributed by atoms with Crippen molar-refractivity contribution >= 4 is 23.0 Å². The van der Waals surface area contributed by atoms with E-state index in [-0.39, 0.29) is 18.2 Å². The SMILES string of the molecule is CC(=O)CNC(=O)c1nccs1. The van der Waals surface area contributed by atoms with Gasteiger partial charge in [0.05, 0.1) is 6.54 Å². The molecule has 0 spiro atoms. The predicted molar refractivity (Wildman–Crippen MR) is 45.1 cm³/mol. The summed E-state index contributed by atoms with van der Waals surface area (Å²) in [5.41, 5.74) is 0. The van der Waals surface area contributed by atoms with Crippen molar-refractivity contribution in [2.45, 2.75) is 6.92 Å². The van der Waals surface area contributed by atoms with Gasteiger partial charge in [0.25, 0.3) is 5.91 Å². The molecule has 0 bridgehead atoms. The van der Waals surface area contributed by atoms with E-state index in [1.54, 1.807) is 11.6 Å². The molecule has 1 heterocycles. The molecular formula is C7H8N2O2S. The number of carbonyl (C=O) groups is 2. The van der Waals surface area contributed by atoms with E-state index >= 15 is 0 Å². The normalized spacial score (nSPS) is 9.42. The molecule has 0 aliphatic rings. The highest BCUT2D eigenvalue weighted by atomic mass is 32.1. The maximum atomic E-state index is 11.1. The Morgan fingerprint density at radius 2 is 2.42 bits per heavy atom. The van der Waals surface area contributed by atoms with Crippen molar-refractivity contribution in [3.05, 3.63) is 16.6 Å². The van der Waals surface area contributed by atoms with Gasteiger partial charge in [0.1, 0.15) is 5.78 Å². The lowest BCUT2D eigenvalue weighted by Crippen LogP contribution is -2.28. The van der Waals surface area contributed by atoms with E-state index in [0.29, 0.717) is 5.01 Å². The van der Waals surface area contributed by atoms with Crippen molar-refractivity contribution in [2.75, 3.05) is 6.54 Å². The number of hydrogen-bond acceptors (Lipinski definition) is 4. The number of carbonyl (C=O) groups excluding carboxylic acids is 2. The molecule has 1 amide bonds. The zero-order valence-corrected chi connectivity index (χ0v) is 7.35. The van der Waals surface area contributed by atoms with Gasteiger partial charge in [-0.2, -0.15) is 0 Å². The molecule has 0 aromatic carbocycles. The third-order valence-corrected chi connectivity index (χ3v) is 1.90. The van der Waals surface area contributed by atoms with Gasteiger partial charge in [-0.05, 0) is 6.92 Å². The van der Waals surface area contributed by atoms with E-state index in [0.717, 1.165) is 0 Å². The highest BCUT2D eigenvalue weighted by Gasteiger charge is 2.07. The van der Waals surface area contributed by atoms with Crippen LogP contribution in [-0.4, -0.2) is 23.2 Å². The fourth-order valence-electron chi connectivity index (χ4n) is 0.616. The maximum absolute atomic E-state index is 11.1. The number of hydrogen-bond donors (Lipinski definition) is 1. The summed E-state index contributed by atoms with van der Waals surface area (Å²) in [6.45, 7) is 1.49. The Bertz CT molecular complexity index is 282. The highest BCUT2D eigenvalue weighted by Crippen LogP contribution is 2.02. The summed E-state index contributed by atoms with van der Waals surface area (Å²) < 4.78 is 0. The van der Waals surface area contributed by atoms with Gasteiger partial charge in [-0.15, -0.1) is 11.3 Å². The maximum Gasteiger partial charge on any atom is 0.280 e. The minimum Gasteiger partial charge on any atom is -0.343 e. The molecule has 5 heteroatoms. The second kappa shape index (κ2) is 3.96. The lowest BCUT2D eigenvalue weighted by atomic mass is 10.4. The first-order chi connectivity index (χ1) is 5.70. The molecule has 4 nitrogen and oxygen atoms in total. The van der Waals surface area contributed by atoms with Crippen LogP contribution in [0.15, 0.2) is 11.6 Å². The first kappa shape index (κ1) is 8.86. The molecule has 0 unspecified atom stereocenters. The molecule has 1 aromatic rings. The predicted octanol–water partition coefficient (Wildman–Crippen LogP) is 0.462. The van der Waals surface area contributed by atoms with Crippen molar-refractivity contribution < 1.29 is 9.59 Å². The highest BCUT2D eigenvalue weighted by molar-refractivity contribution is 7.11. The standard InChI is InChI=1S/C7H8N2O2S/c1-5(10)4-9-6(11)7-8-2-3-12-7/h2-3H,4H2,1H3,(H,9,11). The van der Waals surface area contributed by atoms with E-state index in [9.17, 15) is 9.59 Å². The summed E-state index contributed by atoms with van der Waals surface area (Å²) in [5.74, 6) is -0.361. The molecule has 0 radical (unpaired) electrons. The number of nitrogens with zero attached hydrogens (tertiary/aromatic N) is 1. The zero-order valence-electron chi connectivity index (χ0n) is 6.53. The van der Waals surface area contributed by atoms with Crippen LogP contribution in [0.4, 0.5) is 0 Å². The molecule has 0 fully saturated rings. The van der Waals surface area contributed by atoms with Crippen LogP contribution in [0.3, 0.4) is 0 Å². The fraction of sp³-hybridized carbons (Fsp3) is 0.286. The Morgan fingerprint density at radius 1 is 1.67 bits per heavy atom. The number of ketones is 1. The van der Waals surface area contributed by atoms with Crippen LogP contribution in [0.25, 0.3) is 0 Å². The van der Waals surface area contributed by atoms with Crippen LogP contribution in [0, 0.1) is 0 Å². The number of aromatic nitrogens is 1. The third-order valence-electron chi connectivity index (χ3n) is 1.12. The third kappa shape index (κ3) is 2.43. The minimum absolute atomic E-state index is 0.0679. The molecule has 64 valence electrons.